The number of hydrogen-bond acceptors (Lipinski definition) is 5. The van der Waals surface area contributed by atoms with Crippen LogP contribution < -0.4 is 4.72 Å². The first-order chi connectivity index (χ1) is 8.68. The maximum Gasteiger partial charge on any atom is 0.250 e. The Kier molecular flexibility index (Phi) is 6.25. The topological polar surface area (TPSA) is 75.6 Å². The summed E-state index contributed by atoms with van der Waals surface area (Å²) in [6, 6.07) is 1.36. The van der Waals surface area contributed by atoms with E-state index in [9.17, 15) is 13.5 Å². The summed E-state index contributed by atoms with van der Waals surface area (Å²) in [6.07, 6.45) is 0.334. The van der Waals surface area contributed by atoms with Gasteiger partial charge >= 0.3 is 0 Å². The number of aliphatic hydroxyl groups is 1. The molecule has 2 N–H and O–H groups in total. The fraction of sp³-hybridized carbons (Fsp3) is 0.600. The lowest BCUT2D eigenvalue weighted by atomic mass is 10.0. The van der Waals surface area contributed by atoms with Crippen LogP contribution in [0.3, 0.4) is 0 Å². The molecule has 1 aromatic heterocycles. The Morgan fingerprint density at radius 2 is 2.26 bits per heavy atom. The number of rotatable bonds is 7. The summed E-state index contributed by atoms with van der Waals surface area (Å²) in [5, 5.41) is 10.3. The van der Waals surface area contributed by atoms with Gasteiger partial charge in [0, 0.05) is 26.7 Å². The molecule has 5 nitrogen and oxygen atoms in total. The van der Waals surface area contributed by atoms with E-state index in [2.05, 4.69) is 20.7 Å². The molecule has 0 fully saturated rings. The number of ether oxygens (including phenoxy) is 1. The second-order valence-electron chi connectivity index (χ2n) is 4.25. The lowest BCUT2D eigenvalue weighted by molar-refractivity contribution is 0.0292. The third-order valence-electron chi connectivity index (χ3n) is 2.38. The molecular formula is C10H15BrClNO4S2. The van der Waals surface area contributed by atoms with Gasteiger partial charge in [-0.05, 0) is 28.9 Å². The molecule has 0 aliphatic heterocycles. The summed E-state index contributed by atoms with van der Waals surface area (Å²) in [7, 11) is -2.15. The minimum atomic E-state index is -3.67. The van der Waals surface area contributed by atoms with E-state index in [4.69, 9.17) is 16.3 Å². The average molecular weight is 393 g/mol. The molecule has 9 heteroatoms. The van der Waals surface area contributed by atoms with E-state index in [-0.39, 0.29) is 10.8 Å². The van der Waals surface area contributed by atoms with Crippen molar-refractivity contribution < 1.29 is 18.3 Å². The Morgan fingerprint density at radius 3 is 2.74 bits per heavy atom. The van der Waals surface area contributed by atoms with Crippen molar-refractivity contribution in [1.29, 1.82) is 0 Å². The van der Waals surface area contributed by atoms with Crippen LogP contribution in [0.1, 0.15) is 13.3 Å². The van der Waals surface area contributed by atoms with Crippen molar-refractivity contribution >= 4 is 48.9 Å². The average Bonchev–Trinajstić information content (AvgIpc) is 2.66. The monoisotopic (exact) mass is 391 g/mol. The quantitative estimate of drug-likeness (QED) is 0.746. The molecule has 0 saturated carbocycles. The number of sulfonamides is 1. The Hall–Kier alpha value is 0.300. The van der Waals surface area contributed by atoms with Gasteiger partial charge in [-0.15, -0.1) is 11.3 Å². The zero-order valence-corrected chi connectivity index (χ0v) is 14.4. The van der Waals surface area contributed by atoms with Gasteiger partial charge in [0.2, 0.25) is 10.0 Å². The van der Waals surface area contributed by atoms with Gasteiger partial charge in [0.05, 0.1) is 14.4 Å². The number of thiophene rings is 1. The summed E-state index contributed by atoms with van der Waals surface area (Å²) in [6.45, 7) is 1.81. The van der Waals surface area contributed by atoms with Crippen LogP contribution in [0.4, 0.5) is 0 Å². The van der Waals surface area contributed by atoms with Gasteiger partial charge in [0.25, 0.3) is 0 Å². The van der Waals surface area contributed by atoms with Crippen LogP contribution in [-0.4, -0.2) is 39.4 Å². The van der Waals surface area contributed by atoms with E-state index in [1.54, 1.807) is 6.92 Å². The Balaban J connectivity index is 2.70. The molecule has 0 bridgehead atoms. The first-order valence-electron chi connectivity index (χ1n) is 5.34. The number of nitrogens with one attached hydrogen (secondary N) is 1. The van der Waals surface area contributed by atoms with Gasteiger partial charge in [-0.1, -0.05) is 11.6 Å². The highest BCUT2D eigenvalue weighted by Gasteiger charge is 2.25. The molecule has 1 unspecified atom stereocenters. The number of hydrogen-bond donors (Lipinski definition) is 2. The highest BCUT2D eigenvalue weighted by Crippen LogP contribution is 2.34. The van der Waals surface area contributed by atoms with Gasteiger partial charge in [0.1, 0.15) is 4.21 Å². The molecule has 0 amide bonds. The van der Waals surface area contributed by atoms with Crippen LogP contribution in [0.5, 0.6) is 0 Å². The zero-order valence-electron chi connectivity index (χ0n) is 10.4. The molecule has 0 spiro atoms. The SMILES string of the molecule is COCCC(C)(O)CNS(=O)(=O)c1cc(Cl)c(Br)s1. The van der Waals surface area contributed by atoms with E-state index >= 15 is 0 Å². The highest BCUT2D eigenvalue weighted by atomic mass is 79.9. The van der Waals surface area contributed by atoms with Crippen LogP contribution >= 0.6 is 38.9 Å². The van der Waals surface area contributed by atoms with Crippen molar-refractivity contribution in [3.05, 3.63) is 14.9 Å². The van der Waals surface area contributed by atoms with Gasteiger partial charge in [-0.3, -0.25) is 0 Å². The lowest BCUT2D eigenvalue weighted by Gasteiger charge is -2.22. The second kappa shape index (κ2) is 6.84. The second-order valence-corrected chi connectivity index (χ2v) is 9.02. The van der Waals surface area contributed by atoms with Crippen LogP contribution in [0.15, 0.2) is 14.1 Å². The van der Waals surface area contributed by atoms with Crippen molar-refractivity contribution in [2.75, 3.05) is 20.3 Å². The predicted octanol–water partition coefficient (Wildman–Crippen LogP) is 2.23. The maximum atomic E-state index is 12.0. The minimum absolute atomic E-state index is 0.0914. The third kappa shape index (κ3) is 5.30. The molecule has 0 aliphatic rings. The van der Waals surface area contributed by atoms with Crippen LogP contribution in [-0.2, 0) is 14.8 Å². The van der Waals surface area contributed by atoms with Crippen LogP contribution in [0.25, 0.3) is 0 Å². The van der Waals surface area contributed by atoms with Crippen LogP contribution in [0.2, 0.25) is 5.02 Å². The minimum Gasteiger partial charge on any atom is -0.389 e. The van der Waals surface area contributed by atoms with Crippen molar-refractivity contribution in [1.82, 2.24) is 4.72 Å². The maximum absolute atomic E-state index is 12.0. The van der Waals surface area contributed by atoms with Crippen LogP contribution in [0, 0.1) is 0 Å². The van der Waals surface area contributed by atoms with Gasteiger partial charge in [-0.2, -0.15) is 0 Å². The summed E-state index contributed by atoms with van der Waals surface area (Å²) < 4.78 is 31.9. The Bertz CT molecular complexity index is 510. The predicted molar refractivity (Wildman–Crippen MR) is 79.3 cm³/mol. The van der Waals surface area contributed by atoms with Crippen molar-refractivity contribution in [2.24, 2.45) is 0 Å². The molecule has 0 saturated heterocycles. The molecule has 1 aromatic rings. The molecule has 19 heavy (non-hydrogen) atoms. The van der Waals surface area contributed by atoms with Crippen molar-refractivity contribution in [3.63, 3.8) is 0 Å². The largest absolute Gasteiger partial charge is 0.389 e. The molecule has 0 aromatic carbocycles. The molecule has 1 atom stereocenters. The van der Waals surface area contributed by atoms with Gasteiger partial charge < -0.3 is 9.84 Å². The Labute approximate surface area is 130 Å². The number of halogens is 2. The molecule has 0 radical (unpaired) electrons. The van der Waals surface area contributed by atoms with Crippen molar-refractivity contribution in [3.8, 4) is 0 Å². The molecule has 1 rings (SSSR count). The smallest absolute Gasteiger partial charge is 0.250 e. The summed E-state index contributed by atoms with van der Waals surface area (Å²) in [4.78, 5) is 0. The van der Waals surface area contributed by atoms with Gasteiger partial charge in [0.15, 0.2) is 0 Å². The van der Waals surface area contributed by atoms with E-state index in [0.29, 0.717) is 21.8 Å². The zero-order chi connectivity index (χ0) is 14.7. The fourth-order valence-corrected chi connectivity index (χ4v) is 4.80. The summed E-state index contributed by atoms with van der Waals surface area (Å²) in [5.41, 5.74) is -1.17. The van der Waals surface area contributed by atoms with Gasteiger partial charge in [-0.25, -0.2) is 13.1 Å². The lowest BCUT2D eigenvalue weighted by Crippen LogP contribution is -2.41. The van der Waals surface area contributed by atoms with E-state index in [1.807, 2.05) is 0 Å². The van der Waals surface area contributed by atoms with E-state index < -0.39 is 15.6 Å². The molecule has 1 heterocycles. The summed E-state index contributed by atoms with van der Waals surface area (Å²) in [5.74, 6) is 0. The standard InChI is InChI=1S/C10H15BrClNO4S2/c1-10(14,3-4-17-2)6-13-19(15,16)8-5-7(12)9(11)18-8/h5,13-14H,3-4,6H2,1-2H3. The molecule has 110 valence electrons. The summed E-state index contributed by atoms with van der Waals surface area (Å²) >= 11 is 9.98. The van der Waals surface area contributed by atoms with Crippen molar-refractivity contribution in [2.45, 2.75) is 23.2 Å². The first-order valence-corrected chi connectivity index (χ1v) is 8.81. The third-order valence-corrected chi connectivity index (χ3v) is 6.72. The van der Waals surface area contributed by atoms with E-state index in [0.717, 1.165) is 11.3 Å². The fourth-order valence-electron chi connectivity index (χ4n) is 1.19. The molecular weight excluding hydrogens is 378 g/mol. The number of methoxy groups -OCH3 is 1. The first kappa shape index (κ1) is 17.4. The molecule has 0 aliphatic carbocycles. The normalized spacial score (nSPS) is 15.4. The Morgan fingerprint density at radius 1 is 1.63 bits per heavy atom. The highest BCUT2D eigenvalue weighted by molar-refractivity contribution is 9.11. The van der Waals surface area contributed by atoms with E-state index in [1.165, 1.54) is 13.2 Å².